The largest absolute Gasteiger partial charge is 0.448 e. The Kier molecular flexibility index (Phi) is 5.95. The summed E-state index contributed by atoms with van der Waals surface area (Å²) >= 11 is 1.25. The lowest BCUT2D eigenvalue weighted by molar-refractivity contribution is -0.113. The van der Waals surface area contributed by atoms with Gasteiger partial charge >= 0.3 is 0 Å². The van der Waals surface area contributed by atoms with Crippen LogP contribution < -0.4 is 10.9 Å². The Morgan fingerprint density at radius 3 is 2.91 bits per heavy atom. The zero-order valence-corrected chi connectivity index (χ0v) is 19.4. The topological polar surface area (TPSA) is 86.4 Å². The highest BCUT2D eigenvalue weighted by molar-refractivity contribution is 7.99. The Hall–Kier alpha value is -3.10. The highest BCUT2D eigenvalue weighted by atomic mass is 32.2. The molecule has 0 aliphatic carbocycles. The zero-order chi connectivity index (χ0) is 22.9. The van der Waals surface area contributed by atoms with Gasteiger partial charge in [0.25, 0.3) is 5.56 Å². The lowest BCUT2D eigenvalue weighted by Gasteiger charge is -2.15. The third kappa shape index (κ3) is 4.41. The molecule has 8 heteroatoms. The van der Waals surface area contributed by atoms with Gasteiger partial charge < -0.3 is 14.5 Å². The molecule has 0 spiro atoms. The molecule has 5 rings (SSSR count). The number of para-hydroxylation sites is 1. The molecule has 3 heterocycles. The molecular formula is C25H25N3O4S. The van der Waals surface area contributed by atoms with Gasteiger partial charge in [0.1, 0.15) is 11.1 Å². The van der Waals surface area contributed by atoms with Crippen LogP contribution in [0.2, 0.25) is 0 Å². The van der Waals surface area contributed by atoms with Crippen LogP contribution in [-0.2, 0) is 16.1 Å². The van der Waals surface area contributed by atoms with Crippen molar-refractivity contribution in [3.63, 3.8) is 0 Å². The van der Waals surface area contributed by atoms with Crippen molar-refractivity contribution in [2.45, 2.75) is 44.5 Å². The number of aromatic nitrogens is 2. The second kappa shape index (κ2) is 9.03. The molecule has 4 aromatic rings. The number of hydrogen-bond acceptors (Lipinski definition) is 6. The van der Waals surface area contributed by atoms with E-state index in [9.17, 15) is 9.59 Å². The molecule has 2 aromatic carbocycles. The lowest BCUT2D eigenvalue weighted by atomic mass is 10.1. The molecule has 1 saturated heterocycles. The molecule has 1 aliphatic heterocycles. The van der Waals surface area contributed by atoms with Crippen molar-refractivity contribution in [2.24, 2.45) is 0 Å². The van der Waals surface area contributed by atoms with Gasteiger partial charge in [-0.2, -0.15) is 0 Å². The fourth-order valence-corrected chi connectivity index (χ4v) is 4.90. The molecule has 2 aromatic heterocycles. The van der Waals surface area contributed by atoms with Crippen LogP contribution in [0, 0.1) is 13.8 Å². The quantitative estimate of drug-likeness (QED) is 0.330. The van der Waals surface area contributed by atoms with Crippen LogP contribution in [0.5, 0.6) is 0 Å². The first kappa shape index (κ1) is 21.7. The number of benzene rings is 2. The first-order valence-corrected chi connectivity index (χ1v) is 12.0. The molecular weight excluding hydrogens is 438 g/mol. The lowest BCUT2D eigenvalue weighted by Crippen LogP contribution is -2.29. The van der Waals surface area contributed by atoms with Crippen LogP contribution in [-0.4, -0.2) is 33.9 Å². The number of furan rings is 1. The fourth-order valence-electron chi connectivity index (χ4n) is 4.10. The van der Waals surface area contributed by atoms with Gasteiger partial charge in [-0.15, -0.1) is 0 Å². The van der Waals surface area contributed by atoms with Crippen molar-refractivity contribution in [1.82, 2.24) is 9.55 Å². The average molecular weight is 464 g/mol. The SMILES string of the molecule is Cc1ccc(C)c(NC(=O)CSc2nc3c(oc4ccccc43)c(=O)n2C[C@H]2CCCO2)c1. The molecule has 0 radical (unpaired) electrons. The molecule has 1 atom stereocenters. The Labute approximate surface area is 195 Å². The third-order valence-electron chi connectivity index (χ3n) is 5.86. The van der Waals surface area contributed by atoms with Crippen LogP contribution in [0.15, 0.2) is 56.8 Å². The van der Waals surface area contributed by atoms with Crippen LogP contribution in [0.4, 0.5) is 5.69 Å². The number of fused-ring (bicyclic) bond motifs is 3. The van der Waals surface area contributed by atoms with E-state index in [0.717, 1.165) is 35.0 Å². The number of rotatable bonds is 6. The van der Waals surface area contributed by atoms with Crippen LogP contribution in [0.1, 0.15) is 24.0 Å². The minimum atomic E-state index is -0.246. The highest BCUT2D eigenvalue weighted by Gasteiger charge is 2.23. The Morgan fingerprint density at radius 1 is 1.24 bits per heavy atom. The van der Waals surface area contributed by atoms with Gasteiger partial charge in [0.15, 0.2) is 5.16 Å². The number of nitrogens with zero attached hydrogens (tertiary/aromatic N) is 2. The summed E-state index contributed by atoms with van der Waals surface area (Å²) in [6.07, 6.45) is 1.82. The molecule has 1 N–H and O–H groups in total. The minimum absolute atomic E-state index is 0.0468. The number of carbonyl (C=O) groups excluding carboxylic acids is 1. The van der Waals surface area contributed by atoms with Crippen molar-refractivity contribution in [3.8, 4) is 0 Å². The molecule has 1 aliphatic rings. The van der Waals surface area contributed by atoms with E-state index in [1.807, 2.05) is 56.3 Å². The van der Waals surface area contributed by atoms with E-state index < -0.39 is 0 Å². The van der Waals surface area contributed by atoms with Crippen molar-refractivity contribution in [3.05, 3.63) is 63.9 Å². The number of nitrogens with one attached hydrogen (secondary N) is 1. The van der Waals surface area contributed by atoms with E-state index in [0.29, 0.717) is 29.4 Å². The van der Waals surface area contributed by atoms with E-state index in [1.54, 1.807) is 4.57 Å². The molecule has 7 nitrogen and oxygen atoms in total. The molecule has 0 unspecified atom stereocenters. The summed E-state index contributed by atoms with van der Waals surface area (Å²) in [4.78, 5) is 30.9. The summed E-state index contributed by atoms with van der Waals surface area (Å²) in [5.41, 5.74) is 4.00. The highest BCUT2D eigenvalue weighted by Crippen LogP contribution is 2.28. The Morgan fingerprint density at radius 2 is 2.09 bits per heavy atom. The molecule has 170 valence electrons. The summed E-state index contributed by atoms with van der Waals surface area (Å²) in [6.45, 7) is 5.03. The fraction of sp³-hybridized carbons (Fsp3) is 0.320. The van der Waals surface area contributed by atoms with Gasteiger partial charge in [0, 0.05) is 17.7 Å². The summed E-state index contributed by atoms with van der Waals surface area (Å²) < 4.78 is 13.2. The number of anilines is 1. The molecule has 1 fully saturated rings. The smallest absolute Gasteiger partial charge is 0.297 e. The number of hydrogen-bond donors (Lipinski definition) is 1. The minimum Gasteiger partial charge on any atom is -0.448 e. The second-order valence-corrected chi connectivity index (χ2v) is 9.32. The number of ether oxygens (including phenoxy) is 1. The van der Waals surface area contributed by atoms with Gasteiger partial charge in [-0.1, -0.05) is 36.0 Å². The second-order valence-electron chi connectivity index (χ2n) is 8.38. The summed E-state index contributed by atoms with van der Waals surface area (Å²) in [5, 5.41) is 4.25. The van der Waals surface area contributed by atoms with Gasteiger partial charge in [0.05, 0.1) is 18.4 Å². The molecule has 33 heavy (non-hydrogen) atoms. The first-order chi connectivity index (χ1) is 16.0. The molecule has 0 bridgehead atoms. The Bertz CT molecular complexity index is 1400. The average Bonchev–Trinajstić information content (AvgIpc) is 3.45. The van der Waals surface area contributed by atoms with E-state index >= 15 is 0 Å². The van der Waals surface area contributed by atoms with Crippen molar-refractivity contribution < 1.29 is 13.9 Å². The standard InChI is InChI=1S/C25H25N3O4S/c1-15-9-10-16(2)19(12-15)26-21(29)14-33-25-27-22-18-7-3-4-8-20(18)32-23(22)24(30)28(25)13-17-6-5-11-31-17/h3-4,7-10,12,17H,5-6,11,13-14H2,1-2H3,(H,26,29)/t17-/m1/s1. The number of thioether (sulfide) groups is 1. The van der Waals surface area contributed by atoms with Crippen LogP contribution in [0.3, 0.4) is 0 Å². The number of amides is 1. The maximum Gasteiger partial charge on any atom is 0.297 e. The van der Waals surface area contributed by atoms with Gasteiger partial charge in [-0.05, 0) is 56.0 Å². The summed E-state index contributed by atoms with van der Waals surface area (Å²) in [7, 11) is 0. The first-order valence-electron chi connectivity index (χ1n) is 11.0. The predicted octanol–water partition coefficient (Wildman–Crippen LogP) is 4.67. The van der Waals surface area contributed by atoms with E-state index in [2.05, 4.69) is 5.32 Å². The third-order valence-corrected chi connectivity index (χ3v) is 6.83. The summed E-state index contributed by atoms with van der Waals surface area (Å²) in [5.74, 6) is -0.0177. The Balaban J connectivity index is 1.47. The summed E-state index contributed by atoms with van der Waals surface area (Å²) in [6, 6.07) is 13.4. The van der Waals surface area contributed by atoms with E-state index in [-0.39, 0.29) is 28.9 Å². The normalized spacial score (nSPS) is 16.0. The van der Waals surface area contributed by atoms with E-state index in [1.165, 1.54) is 11.8 Å². The number of carbonyl (C=O) groups is 1. The van der Waals surface area contributed by atoms with E-state index in [4.69, 9.17) is 14.1 Å². The maximum atomic E-state index is 13.4. The van der Waals surface area contributed by atoms with Crippen molar-refractivity contribution in [1.29, 1.82) is 0 Å². The monoisotopic (exact) mass is 463 g/mol. The van der Waals surface area contributed by atoms with Crippen LogP contribution >= 0.6 is 11.8 Å². The van der Waals surface area contributed by atoms with Crippen molar-refractivity contribution >= 4 is 45.4 Å². The maximum absolute atomic E-state index is 13.4. The van der Waals surface area contributed by atoms with Gasteiger partial charge in [-0.25, -0.2) is 4.98 Å². The molecule has 0 saturated carbocycles. The molecule has 1 amide bonds. The number of aryl methyl sites for hydroxylation is 2. The van der Waals surface area contributed by atoms with Crippen LogP contribution in [0.25, 0.3) is 22.1 Å². The van der Waals surface area contributed by atoms with Crippen molar-refractivity contribution in [2.75, 3.05) is 17.7 Å². The zero-order valence-electron chi connectivity index (χ0n) is 18.6. The van der Waals surface area contributed by atoms with Gasteiger partial charge in [0.2, 0.25) is 11.5 Å². The predicted molar refractivity (Wildman–Crippen MR) is 130 cm³/mol. The van der Waals surface area contributed by atoms with Gasteiger partial charge in [-0.3, -0.25) is 14.2 Å².